The van der Waals surface area contributed by atoms with Crippen molar-refractivity contribution in [3.05, 3.63) is 82.0 Å². The summed E-state index contributed by atoms with van der Waals surface area (Å²) < 4.78 is 5.79. The normalized spacial score (nSPS) is 15.3. The number of amides is 1. The number of rotatable bonds is 4. The van der Waals surface area contributed by atoms with Crippen LogP contribution in [0.4, 0.5) is 5.69 Å². The maximum Gasteiger partial charge on any atom is 0.336 e. The van der Waals surface area contributed by atoms with Crippen molar-refractivity contribution in [3.63, 3.8) is 0 Å². The molecule has 2 heterocycles. The number of anilines is 1. The minimum atomic E-state index is -1.04. The number of nitrogens with one attached hydrogen (secondary N) is 1. The molecule has 0 aliphatic carbocycles. The van der Waals surface area contributed by atoms with Crippen molar-refractivity contribution in [1.82, 2.24) is 0 Å². The van der Waals surface area contributed by atoms with E-state index in [0.29, 0.717) is 27.7 Å². The highest BCUT2D eigenvalue weighted by molar-refractivity contribution is 8.19. The van der Waals surface area contributed by atoms with Gasteiger partial charge in [-0.25, -0.2) is 4.79 Å². The van der Waals surface area contributed by atoms with E-state index in [1.807, 2.05) is 32.0 Å². The molecule has 0 bridgehead atoms. The number of aryl methyl sites for hydroxylation is 2. The number of hydrogen-bond acceptors (Lipinski definition) is 5. The molecule has 150 valence electrons. The molecule has 7 heteroatoms. The van der Waals surface area contributed by atoms with Crippen LogP contribution in [0.15, 0.2) is 63.9 Å². The van der Waals surface area contributed by atoms with Crippen molar-refractivity contribution >= 4 is 40.6 Å². The Labute approximate surface area is 177 Å². The molecule has 1 fully saturated rings. The van der Waals surface area contributed by atoms with Crippen molar-refractivity contribution in [2.75, 3.05) is 4.90 Å². The molecule has 4 rings (SSSR count). The summed E-state index contributed by atoms with van der Waals surface area (Å²) in [7, 11) is 0. The molecule has 0 spiro atoms. The van der Waals surface area contributed by atoms with E-state index in [2.05, 4.69) is 0 Å². The number of carboxylic acids is 1. The third kappa shape index (κ3) is 3.55. The molecule has 0 atom stereocenters. The Hall–Kier alpha value is -3.58. The molecular formula is C23H18N2O4S. The van der Waals surface area contributed by atoms with Crippen LogP contribution in [0, 0.1) is 19.3 Å². The fourth-order valence-corrected chi connectivity index (χ4v) is 4.02. The van der Waals surface area contributed by atoms with E-state index in [0.717, 1.165) is 22.9 Å². The van der Waals surface area contributed by atoms with Crippen molar-refractivity contribution in [3.8, 4) is 11.3 Å². The van der Waals surface area contributed by atoms with Crippen molar-refractivity contribution in [2.45, 2.75) is 13.8 Å². The number of carbonyl (C=O) groups is 2. The smallest absolute Gasteiger partial charge is 0.336 e. The fourth-order valence-electron chi connectivity index (χ4n) is 3.18. The highest BCUT2D eigenvalue weighted by Crippen LogP contribution is 2.36. The number of furan rings is 1. The summed E-state index contributed by atoms with van der Waals surface area (Å²) in [5.41, 5.74) is 3.41. The second-order valence-electron chi connectivity index (χ2n) is 6.88. The number of benzene rings is 2. The van der Waals surface area contributed by atoms with Crippen molar-refractivity contribution in [2.24, 2.45) is 0 Å². The molecule has 1 aliphatic rings. The summed E-state index contributed by atoms with van der Waals surface area (Å²) in [5, 5.41) is 17.7. The maximum absolute atomic E-state index is 12.9. The van der Waals surface area contributed by atoms with Gasteiger partial charge in [-0.15, -0.1) is 0 Å². The summed E-state index contributed by atoms with van der Waals surface area (Å²) in [6, 6.07) is 15.6. The first-order chi connectivity index (χ1) is 14.3. The van der Waals surface area contributed by atoms with Crippen molar-refractivity contribution < 1.29 is 19.1 Å². The maximum atomic E-state index is 12.9. The Balaban J connectivity index is 1.64. The first-order valence-corrected chi connectivity index (χ1v) is 9.99. The second kappa shape index (κ2) is 7.68. The number of nitrogens with zero attached hydrogens (tertiary/aromatic N) is 1. The molecule has 3 aromatic rings. The van der Waals surface area contributed by atoms with Gasteiger partial charge < -0.3 is 9.52 Å². The molecule has 1 aliphatic heterocycles. The number of carboxylic acid groups (broad SMARTS) is 1. The van der Waals surface area contributed by atoms with E-state index in [-0.39, 0.29) is 16.6 Å². The summed E-state index contributed by atoms with van der Waals surface area (Å²) in [6.45, 7) is 3.96. The van der Waals surface area contributed by atoms with Crippen LogP contribution in [-0.2, 0) is 4.79 Å². The van der Waals surface area contributed by atoms with Gasteiger partial charge in [-0.3, -0.25) is 15.1 Å². The Kier molecular flexibility index (Phi) is 5.05. The quantitative estimate of drug-likeness (QED) is 0.560. The summed E-state index contributed by atoms with van der Waals surface area (Å²) >= 11 is 1.06. The molecule has 0 unspecified atom stereocenters. The lowest BCUT2D eigenvalue weighted by Gasteiger charge is -2.15. The van der Waals surface area contributed by atoms with E-state index < -0.39 is 5.97 Å². The fraction of sp³-hybridized carbons (Fsp3) is 0.0870. The summed E-state index contributed by atoms with van der Waals surface area (Å²) in [4.78, 5) is 26.1. The molecule has 1 saturated heterocycles. The van der Waals surface area contributed by atoms with Gasteiger partial charge >= 0.3 is 5.97 Å². The van der Waals surface area contributed by atoms with E-state index in [4.69, 9.17) is 9.83 Å². The third-order valence-electron chi connectivity index (χ3n) is 4.90. The Morgan fingerprint density at radius 2 is 1.87 bits per heavy atom. The van der Waals surface area contributed by atoms with E-state index in [1.165, 1.54) is 11.0 Å². The van der Waals surface area contributed by atoms with Crippen LogP contribution in [-0.4, -0.2) is 22.2 Å². The van der Waals surface area contributed by atoms with Gasteiger partial charge in [-0.1, -0.05) is 24.3 Å². The molecule has 1 amide bonds. The van der Waals surface area contributed by atoms with E-state index in [1.54, 1.807) is 36.4 Å². The molecular weight excluding hydrogens is 400 g/mol. The van der Waals surface area contributed by atoms with Gasteiger partial charge in [0.2, 0.25) is 0 Å². The molecule has 0 saturated carbocycles. The minimum Gasteiger partial charge on any atom is -0.478 e. The van der Waals surface area contributed by atoms with Crippen LogP contribution < -0.4 is 4.90 Å². The Morgan fingerprint density at radius 1 is 1.10 bits per heavy atom. The molecule has 2 N–H and O–H groups in total. The summed E-state index contributed by atoms with van der Waals surface area (Å²) in [5.74, 6) is -0.523. The van der Waals surface area contributed by atoms with Gasteiger partial charge in [-0.05, 0) is 67.1 Å². The predicted molar refractivity (Wildman–Crippen MR) is 118 cm³/mol. The predicted octanol–water partition coefficient (Wildman–Crippen LogP) is 5.32. The highest BCUT2D eigenvalue weighted by atomic mass is 32.2. The lowest BCUT2D eigenvalue weighted by atomic mass is 10.1. The first kappa shape index (κ1) is 19.7. The molecule has 30 heavy (non-hydrogen) atoms. The lowest BCUT2D eigenvalue weighted by Crippen LogP contribution is -2.28. The van der Waals surface area contributed by atoms with Crippen molar-refractivity contribution in [1.29, 1.82) is 5.41 Å². The number of hydrogen-bond donors (Lipinski definition) is 2. The highest BCUT2D eigenvalue weighted by Gasteiger charge is 2.34. The number of carbonyl (C=O) groups excluding carboxylic acids is 1. The van der Waals surface area contributed by atoms with Gasteiger partial charge in [0.05, 0.1) is 16.2 Å². The van der Waals surface area contributed by atoms with E-state index >= 15 is 0 Å². The largest absolute Gasteiger partial charge is 0.478 e. The van der Waals surface area contributed by atoms with Crippen LogP contribution in [0.25, 0.3) is 17.4 Å². The van der Waals surface area contributed by atoms with Gasteiger partial charge in [0, 0.05) is 11.6 Å². The van der Waals surface area contributed by atoms with Gasteiger partial charge in [0.25, 0.3) is 5.91 Å². The average molecular weight is 418 g/mol. The molecule has 0 radical (unpaired) electrons. The monoisotopic (exact) mass is 418 g/mol. The number of amidine groups is 1. The summed E-state index contributed by atoms with van der Waals surface area (Å²) in [6.07, 6.45) is 1.58. The Bertz CT molecular complexity index is 1230. The number of aromatic carboxylic acids is 1. The zero-order valence-electron chi connectivity index (χ0n) is 16.3. The van der Waals surface area contributed by atoms with Crippen LogP contribution in [0.3, 0.4) is 0 Å². The zero-order valence-corrected chi connectivity index (χ0v) is 17.1. The molecule has 6 nitrogen and oxygen atoms in total. The Morgan fingerprint density at radius 3 is 2.60 bits per heavy atom. The standard InChI is InChI=1S/C23H18N2O4S/c1-13-7-8-15(11-14(13)2)25-21(26)20(30-23(25)24)12-16-9-10-19(29-16)17-5-3-4-6-18(17)22(27)28/h3-12,24H,1-2H3,(H,27,28)/b20-12+,24-23?. The number of thioether (sulfide) groups is 1. The SMILES string of the molecule is Cc1ccc(N2C(=N)S/C(=C/c3ccc(-c4ccccc4C(=O)O)o3)C2=O)cc1C. The van der Waals surface area contributed by atoms with Gasteiger partial charge in [-0.2, -0.15) is 0 Å². The average Bonchev–Trinajstić information content (AvgIpc) is 3.29. The van der Waals surface area contributed by atoms with Crippen LogP contribution in [0.1, 0.15) is 27.2 Å². The minimum absolute atomic E-state index is 0.123. The van der Waals surface area contributed by atoms with Gasteiger partial charge in [0.15, 0.2) is 5.17 Å². The lowest BCUT2D eigenvalue weighted by molar-refractivity contribution is -0.113. The van der Waals surface area contributed by atoms with Gasteiger partial charge in [0.1, 0.15) is 11.5 Å². The second-order valence-corrected chi connectivity index (χ2v) is 7.91. The first-order valence-electron chi connectivity index (χ1n) is 9.17. The van der Waals surface area contributed by atoms with Crippen LogP contribution >= 0.6 is 11.8 Å². The van der Waals surface area contributed by atoms with E-state index in [9.17, 15) is 14.7 Å². The van der Waals surface area contributed by atoms with Crippen LogP contribution in [0.2, 0.25) is 0 Å². The third-order valence-corrected chi connectivity index (χ3v) is 5.78. The molecule has 1 aromatic heterocycles. The molecule has 2 aromatic carbocycles. The topological polar surface area (TPSA) is 94.6 Å². The zero-order chi connectivity index (χ0) is 21.4. The van der Waals surface area contributed by atoms with Crippen LogP contribution in [0.5, 0.6) is 0 Å².